The Bertz CT molecular complexity index is 639. The molecular formula is C21H28N2O. The van der Waals surface area contributed by atoms with E-state index in [4.69, 9.17) is 0 Å². The minimum atomic E-state index is -0.134. The molecule has 24 heavy (non-hydrogen) atoms. The van der Waals surface area contributed by atoms with E-state index in [0.29, 0.717) is 0 Å². The Kier molecular flexibility index (Phi) is 7.01. The van der Waals surface area contributed by atoms with E-state index in [1.807, 2.05) is 49.4 Å². The van der Waals surface area contributed by atoms with Crippen LogP contribution >= 0.6 is 0 Å². The molecule has 1 unspecified atom stereocenters. The molecule has 0 saturated carbocycles. The first kappa shape index (κ1) is 18.2. The fourth-order valence-corrected chi connectivity index (χ4v) is 2.85. The molecule has 2 rings (SSSR count). The van der Waals surface area contributed by atoms with Crippen LogP contribution < -0.4 is 5.32 Å². The van der Waals surface area contributed by atoms with Crippen LogP contribution in [0.25, 0.3) is 11.1 Å². The molecule has 3 heteroatoms. The number of hydrogen-bond donors (Lipinski definition) is 1. The van der Waals surface area contributed by atoms with Crippen LogP contribution in [0, 0.1) is 0 Å². The second-order valence-electron chi connectivity index (χ2n) is 6.06. The SMILES string of the molecule is CCCCN(CC)C(C)C(=O)Nc1ccccc1-c1ccccc1. The smallest absolute Gasteiger partial charge is 0.241 e. The van der Waals surface area contributed by atoms with Gasteiger partial charge in [0.25, 0.3) is 0 Å². The summed E-state index contributed by atoms with van der Waals surface area (Å²) in [7, 11) is 0. The summed E-state index contributed by atoms with van der Waals surface area (Å²) in [6.07, 6.45) is 2.26. The number of nitrogens with one attached hydrogen (secondary N) is 1. The van der Waals surface area contributed by atoms with Gasteiger partial charge in [0.15, 0.2) is 0 Å². The van der Waals surface area contributed by atoms with Gasteiger partial charge in [-0.2, -0.15) is 0 Å². The Labute approximate surface area is 145 Å². The number of rotatable bonds is 8. The van der Waals surface area contributed by atoms with Crippen LogP contribution in [0.15, 0.2) is 54.6 Å². The highest BCUT2D eigenvalue weighted by atomic mass is 16.2. The zero-order chi connectivity index (χ0) is 17.4. The average molecular weight is 324 g/mol. The van der Waals surface area contributed by atoms with Gasteiger partial charge in [-0.1, -0.05) is 68.8 Å². The Morgan fingerprint density at radius 3 is 2.38 bits per heavy atom. The Morgan fingerprint density at radius 2 is 1.71 bits per heavy atom. The number of hydrogen-bond acceptors (Lipinski definition) is 2. The standard InChI is InChI=1S/C21H28N2O/c1-4-6-16-23(5-2)17(3)21(24)22-20-15-11-10-14-19(20)18-12-8-7-9-13-18/h7-15,17H,4-6,16H2,1-3H3,(H,22,24). The van der Waals surface area contributed by atoms with Crippen LogP contribution in [-0.2, 0) is 4.79 Å². The zero-order valence-corrected chi connectivity index (χ0v) is 15.0. The lowest BCUT2D eigenvalue weighted by molar-refractivity contribution is -0.120. The van der Waals surface area contributed by atoms with Crippen molar-refractivity contribution in [1.29, 1.82) is 0 Å². The number of unbranched alkanes of at least 4 members (excludes halogenated alkanes) is 1. The second-order valence-corrected chi connectivity index (χ2v) is 6.06. The van der Waals surface area contributed by atoms with Gasteiger partial charge in [0.1, 0.15) is 0 Å². The molecule has 1 N–H and O–H groups in total. The first-order valence-electron chi connectivity index (χ1n) is 8.86. The molecule has 1 atom stereocenters. The van der Waals surface area contributed by atoms with Gasteiger partial charge < -0.3 is 5.32 Å². The third kappa shape index (κ3) is 4.68. The van der Waals surface area contributed by atoms with Crippen LogP contribution in [0.4, 0.5) is 5.69 Å². The molecule has 0 fully saturated rings. The van der Waals surface area contributed by atoms with Crippen molar-refractivity contribution >= 4 is 11.6 Å². The summed E-state index contributed by atoms with van der Waals surface area (Å²) in [5.74, 6) is 0.0522. The maximum absolute atomic E-state index is 12.7. The van der Waals surface area contributed by atoms with Gasteiger partial charge in [0.05, 0.1) is 6.04 Å². The minimum Gasteiger partial charge on any atom is -0.324 e. The Balaban J connectivity index is 2.14. The molecule has 0 aliphatic carbocycles. The second kappa shape index (κ2) is 9.24. The molecule has 0 aromatic heterocycles. The highest BCUT2D eigenvalue weighted by Gasteiger charge is 2.20. The van der Waals surface area contributed by atoms with Crippen molar-refractivity contribution in [2.24, 2.45) is 0 Å². The number of para-hydroxylation sites is 1. The molecule has 0 heterocycles. The third-order valence-electron chi connectivity index (χ3n) is 4.40. The van der Waals surface area contributed by atoms with Crippen molar-refractivity contribution in [3.63, 3.8) is 0 Å². The normalized spacial score (nSPS) is 12.2. The van der Waals surface area contributed by atoms with Crippen LogP contribution in [0.2, 0.25) is 0 Å². The molecule has 2 aromatic carbocycles. The highest BCUT2D eigenvalue weighted by Crippen LogP contribution is 2.27. The van der Waals surface area contributed by atoms with Crippen LogP contribution in [-0.4, -0.2) is 29.9 Å². The number of benzene rings is 2. The van der Waals surface area contributed by atoms with Gasteiger partial charge in [0.2, 0.25) is 5.91 Å². The summed E-state index contributed by atoms with van der Waals surface area (Å²) >= 11 is 0. The van der Waals surface area contributed by atoms with Crippen LogP contribution in [0.1, 0.15) is 33.6 Å². The molecule has 0 saturated heterocycles. The topological polar surface area (TPSA) is 32.3 Å². The molecule has 1 amide bonds. The van der Waals surface area contributed by atoms with Crippen molar-refractivity contribution in [2.45, 2.75) is 39.7 Å². The summed E-state index contributed by atoms with van der Waals surface area (Å²) in [4.78, 5) is 14.9. The van der Waals surface area contributed by atoms with E-state index in [9.17, 15) is 4.79 Å². The van der Waals surface area contributed by atoms with Gasteiger partial charge in [-0.05, 0) is 38.1 Å². The predicted octanol–water partition coefficient (Wildman–Crippen LogP) is 4.80. The third-order valence-corrected chi connectivity index (χ3v) is 4.40. The van der Waals surface area contributed by atoms with Crippen molar-refractivity contribution in [2.75, 3.05) is 18.4 Å². The first-order chi connectivity index (χ1) is 11.7. The van der Waals surface area contributed by atoms with Gasteiger partial charge in [-0.3, -0.25) is 9.69 Å². The number of carbonyl (C=O) groups excluding carboxylic acids is 1. The fraction of sp³-hybridized carbons (Fsp3) is 0.381. The highest BCUT2D eigenvalue weighted by molar-refractivity contribution is 5.98. The maximum Gasteiger partial charge on any atom is 0.241 e. The molecule has 0 bridgehead atoms. The number of anilines is 1. The number of amides is 1. The molecule has 2 aromatic rings. The summed E-state index contributed by atoms with van der Waals surface area (Å²) in [6.45, 7) is 8.11. The van der Waals surface area contributed by atoms with Crippen LogP contribution in [0.5, 0.6) is 0 Å². The number of likely N-dealkylation sites (N-methyl/N-ethyl adjacent to an activating group) is 1. The quantitative estimate of drug-likeness (QED) is 0.756. The van der Waals surface area contributed by atoms with Gasteiger partial charge >= 0.3 is 0 Å². The zero-order valence-electron chi connectivity index (χ0n) is 15.0. The van der Waals surface area contributed by atoms with E-state index in [0.717, 1.165) is 42.7 Å². The van der Waals surface area contributed by atoms with E-state index < -0.39 is 0 Å². The number of nitrogens with zero attached hydrogens (tertiary/aromatic N) is 1. The fourth-order valence-electron chi connectivity index (χ4n) is 2.85. The van der Waals surface area contributed by atoms with E-state index in [2.05, 4.69) is 36.2 Å². The lowest BCUT2D eigenvalue weighted by atomic mass is 10.0. The lowest BCUT2D eigenvalue weighted by Crippen LogP contribution is -2.42. The lowest BCUT2D eigenvalue weighted by Gasteiger charge is -2.27. The average Bonchev–Trinajstić information content (AvgIpc) is 2.63. The summed E-state index contributed by atoms with van der Waals surface area (Å²) in [5.41, 5.74) is 3.03. The largest absolute Gasteiger partial charge is 0.324 e. The molecule has 0 aliphatic rings. The maximum atomic E-state index is 12.7. The van der Waals surface area contributed by atoms with E-state index in [1.54, 1.807) is 0 Å². The molecule has 0 radical (unpaired) electrons. The van der Waals surface area contributed by atoms with E-state index >= 15 is 0 Å². The molecule has 128 valence electrons. The molecule has 3 nitrogen and oxygen atoms in total. The Morgan fingerprint density at radius 1 is 1.04 bits per heavy atom. The first-order valence-corrected chi connectivity index (χ1v) is 8.86. The van der Waals surface area contributed by atoms with Crippen molar-refractivity contribution in [3.05, 3.63) is 54.6 Å². The Hall–Kier alpha value is -2.13. The summed E-state index contributed by atoms with van der Waals surface area (Å²) < 4.78 is 0. The number of carbonyl (C=O) groups is 1. The van der Waals surface area contributed by atoms with Crippen LogP contribution in [0.3, 0.4) is 0 Å². The van der Waals surface area contributed by atoms with Crippen molar-refractivity contribution in [3.8, 4) is 11.1 Å². The minimum absolute atomic E-state index is 0.0522. The monoisotopic (exact) mass is 324 g/mol. The van der Waals surface area contributed by atoms with E-state index in [-0.39, 0.29) is 11.9 Å². The van der Waals surface area contributed by atoms with Crippen molar-refractivity contribution < 1.29 is 4.79 Å². The van der Waals surface area contributed by atoms with Crippen molar-refractivity contribution in [1.82, 2.24) is 4.90 Å². The van der Waals surface area contributed by atoms with Gasteiger partial charge in [-0.15, -0.1) is 0 Å². The molecule has 0 spiro atoms. The predicted molar refractivity (Wildman–Crippen MR) is 102 cm³/mol. The van der Waals surface area contributed by atoms with Gasteiger partial charge in [0, 0.05) is 11.3 Å². The summed E-state index contributed by atoms with van der Waals surface area (Å²) in [5, 5.41) is 3.12. The molecular weight excluding hydrogens is 296 g/mol. The summed E-state index contributed by atoms with van der Waals surface area (Å²) in [6, 6.07) is 18.0. The molecule has 0 aliphatic heterocycles. The van der Waals surface area contributed by atoms with E-state index in [1.165, 1.54) is 0 Å². The van der Waals surface area contributed by atoms with Gasteiger partial charge in [-0.25, -0.2) is 0 Å².